The molecule has 1 rings (SSSR count). The molecule has 0 radical (unpaired) electrons. The van der Waals surface area contributed by atoms with Gasteiger partial charge in [0.05, 0.1) is 5.69 Å². The van der Waals surface area contributed by atoms with Crippen molar-refractivity contribution in [2.45, 2.75) is 46.6 Å². The summed E-state index contributed by atoms with van der Waals surface area (Å²) in [5, 5.41) is 0. The van der Waals surface area contributed by atoms with E-state index in [9.17, 15) is 9.59 Å². The second kappa shape index (κ2) is 4.84. The summed E-state index contributed by atoms with van der Waals surface area (Å²) in [6.07, 6.45) is 0. The van der Waals surface area contributed by atoms with Crippen LogP contribution in [-0.4, -0.2) is 19.6 Å². The molecule has 0 heterocycles. The second-order valence-electron chi connectivity index (χ2n) is 6.43. The first-order valence-electron chi connectivity index (χ1n) is 6.37. The first-order chi connectivity index (χ1) is 8.07. The molecule has 0 aliphatic carbocycles. The number of nitrogens with zero attached hydrogens (tertiary/aromatic N) is 1. The van der Waals surface area contributed by atoms with Gasteiger partial charge in [0.2, 0.25) is 10.9 Å². The molecule has 102 valence electrons. The van der Waals surface area contributed by atoms with Crippen LogP contribution in [0.3, 0.4) is 0 Å². The minimum absolute atomic E-state index is 0.0242. The maximum absolute atomic E-state index is 11.7. The van der Waals surface area contributed by atoms with Crippen LogP contribution in [0, 0.1) is 5.41 Å². The van der Waals surface area contributed by atoms with Crippen molar-refractivity contribution in [3.05, 3.63) is 26.0 Å². The fourth-order valence-corrected chi connectivity index (χ4v) is 1.97. The molecule has 1 aromatic rings. The highest BCUT2D eigenvalue weighted by atomic mass is 16.2. The third kappa shape index (κ3) is 2.64. The van der Waals surface area contributed by atoms with Crippen molar-refractivity contribution in [1.29, 1.82) is 0 Å². The van der Waals surface area contributed by atoms with E-state index in [4.69, 9.17) is 5.73 Å². The first kappa shape index (κ1) is 14.9. The van der Waals surface area contributed by atoms with E-state index in [0.717, 1.165) is 0 Å². The third-order valence-corrected chi connectivity index (χ3v) is 3.46. The molecule has 0 unspecified atom stereocenters. The van der Waals surface area contributed by atoms with Crippen LogP contribution in [-0.2, 0) is 0 Å². The number of likely N-dealkylation sites (N-methyl/N-ethyl adjacent to an activating group) is 1. The van der Waals surface area contributed by atoms with Gasteiger partial charge >= 0.3 is 0 Å². The van der Waals surface area contributed by atoms with E-state index < -0.39 is 0 Å². The van der Waals surface area contributed by atoms with Gasteiger partial charge in [0.15, 0.2) is 0 Å². The number of anilines is 1. The lowest BCUT2D eigenvalue weighted by atomic mass is 9.86. The SMILES string of the molecule is CC(C)c1c(N(C)C[C@@H](N)C(C)(C)C)c(=O)c1=O. The zero-order chi connectivity index (χ0) is 14.2. The van der Waals surface area contributed by atoms with E-state index in [1.807, 2.05) is 25.8 Å². The van der Waals surface area contributed by atoms with Crippen LogP contribution in [0.15, 0.2) is 9.59 Å². The molecule has 0 spiro atoms. The Labute approximate surface area is 108 Å². The van der Waals surface area contributed by atoms with Crippen LogP contribution < -0.4 is 21.5 Å². The lowest BCUT2D eigenvalue weighted by Gasteiger charge is -2.33. The van der Waals surface area contributed by atoms with Gasteiger partial charge in [0.25, 0.3) is 0 Å². The molecular formula is C14H24N2O2. The molecule has 18 heavy (non-hydrogen) atoms. The van der Waals surface area contributed by atoms with E-state index in [1.165, 1.54) is 0 Å². The molecule has 0 fully saturated rings. The highest BCUT2D eigenvalue weighted by Gasteiger charge is 2.29. The van der Waals surface area contributed by atoms with Crippen LogP contribution in [0.25, 0.3) is 0 Å². The molecule has 0 saturated heterocycles. The molecular weight excluding hydrogens is 228 g/mol. The smallest absolute Gasteiger partial charge is 0.249 e. The van der Waals surface area contributed by atoms with E-state index in [-0.39, 0.29) is 28.2 Å². The van der Waals surface area contributed by atoms with Gasteiger partial charge in [0.1, 0.15) is 0 Å². The highest BCUT2D eigenvalue weighted by molar-refractivity contribution is 5.59. The maximum Gasteiger partial charge on any atom is 0.249 e. The molecule has 0 aliphatic heterocycles. The van der Waals surface area contributed by atoms with E-state index >= 15 is 0 Å². The van der Waals surface area contributed by atoms with Crippen LogP contribution >= 0.6 is 0 Å². The van der Waals surface area contributed by atoms with Gasteiger partial charge in [0, 0.05) is 25.2 Å². The molecule has 2 N–H and O–H groups in total. The Morgan fingerprint density at radius 2 is 1.67 bits per heavy atom. The minimum atomic E-state index is -0.373. The topological polar surface area (TPSA) is 63.4 Å². The summed E-state index contributed by atoms with van der Waals surface area (Å²) in [5.74, 6) is 0.0820. The summed E-state index contributed by atoms with van der Waals surface area (Å²) >= 11 is 0. The van der Waals surface area contributed by atoms with Crippen LogP contribution in [0.2, 0.25) is 0 Å². The number of rotatable bonds is 4. The van der Waals surface area contributed by atoms with Crippen molar-refractivity contribution >= 4 is 5.69 Å². The summed E-state index contributed by atoms with van der Waals surface area (Å²) in [4.78, 5) is 25.0. The molecule has 4 nitrogen and oxygen atoms in total. The lowest BCUT2D eigenvalue weighted by Crippen LogP contribution is -2.49. The van der Waals surface area contributed by atoms with Crippen molar-refractivity contribution in [3.8, 4) is 0 Å². The normalized spacial score (nSPS) is 14.2. The minimum Gasteiger partial charge on any atom is -0.369 e. The summed E-state index contributed by atoms with van der Waals surface area (Å²) < 4.78 is 0. The summed E-state index contributed by atoms with van der Waals surface area (Å²) in [7, 11) is 1.83. The summed E-state index contributed by atoms with van der Waals surface area (Å²) in [6, 6.07) is -0.0492. The van der Waals surface area contributed by atoms with Gasteiger partial charge in [-0.15, -0.1) is 0 Å². The van der Waals surface area contributed by atoms with Crippen molar-refractivity contribution in [2.75, 3.05) is 18.5 Å². The zero-order valence-electron chi connectivity index (χ0n) is 12.2. The lowest BCUT2D eigenvalue weighted by molar-refractivity contribution is 0.323. The zero-order valence-corrected chi connectivity index (χ0v) is 12.2. The molecule has 0 bridgehead atoms. The summed E-state index contributed by atoms with van der Waals surface area (Å²) in [6.45, 7) is 10.6. The van der Waals surface area contributed by atoms with Crippen molar-refractivity contribution < 1.29 is 0 Å². The van der Waals surface area contributed by atoms with E-state index in [2.05, 4.69) is 20.8 Å². The van der Waals surface area contributed by atoms with Gasteiger partial charge < -0.3 is 10.6 Å². The molecule has 0 aliphatic rings. The fourth-order valence-electron chi connectivity index (χ4n) is 1.97. The third-order valence-electron chi connectivity index (χ3n) is 3.46. The Balaban J connectivity index is 2.93. The fraction of sp³-hybridized carbons (Fsp3) is 0.714. The van der Waals surface area contributed by atoms with E-state index in [1.54, 1.807) is 0 Å². The Morgan fingerprint density at radius 1 is 1.17 bits per heavy atom. The van der Waals surface area contributed by atoms with Gasteiger partial charge in [-0.3, -0.25) is 9.59 Å². The molecule has 0 amide bonds. The largest absolute Gasteiger partial charge is 0.369 e. The average molecular weight is 252 g/mol. The second-order valence-corrected chi connectivity index (χ2v) is 6.43. The molecule has 1 aromatic carbocycles. The maximum atomic E-state index is 11.7. The first-order valence-corrected chi connectivity index (χ1v) is 6.37. The summed E-state index contributed by atoms with van der Waals surface area (Å²) in [5.41, 5.74) is 6.57. The molecule has 4 heteroatoms. The van der Waals surface area contributed by atoms with Crippen LogP contribution in [0.1, 0.15) is 46.1 Å². The van der Waals surface area contributed by atoms with E-state index in [0.29, 0.717) is 17.8 Å². The Morgan fingerprint density at radius 3 is 2.06 bits per heavy atom. The van der Waals surface area contributed by atoms with Crippen molar-refractivity contribution in [1.82, 2.24) is 0 Å². The van der Waals surface area contributed by atoms with Gasteiger partial charge in [-0.25, -0.2) is 0 Å². The van der Waals surface area contributed by atoms with Gasteiger partial charge in [-0.2, -0.15) is 0 Å². The Kier molecular flexibility index (Phi) is 4.01. The van der Waals surface area contributed by atoms with Gasteiger partial charge in [-0.05, 0) is 11.3 Å². The molecule has 1 atom stereocenters. The van der Waals surface area contributed by atoms with Crippen LogP contribution in [0.5, 0.6) is 0 Å². The predicted molar refractivity (Wildman–Crippen MR) is 76.1 cm³/mol. The number of nitrogens with two attached hydrogens (primary N) is 1. The quantitative estimate of drug-likeness (QED) is 0.818. The Bertz CT molecular complexity index is 490. The predicted octanol–water partition coefficient (Wildman–Crippen LogP) is 1.22. The monoisotopic (exact) mass is 252 g/mol. The number of hydrogen-bond donors (Lipinski definition) is 1. The van der Waals surface area contributed by atoms with Crippen molar-refractivity contribution in [3.63, 3.8) is 0 Å². The van der Waals surface area contributed by atoms with Gasteiger partial charge in [-0.1, -0.05) is 34.6 Å². The van der Waals surface area contributed by atoms with Crippen LogP contribution in [0.4, 0.5) is 5.69 Å². The Hall–Kier alpha value is -1.16. The number of hydrogen-bond acceptors (Lipinski definition) is 4. The highest BCUT2D eigenvalue weighted by Crippen LogP contribution is 2.24. The van der Waals surface area contributed by atoms with Crippen molar-refractivity contribution in [2.24, 2.45) is 11.1 Å². The molecule has 0 aromatic heterocycles. The standard InChI is InChI=1S/C14H24N2O2/c1-8(2)10-11(13(18)12(10)17)16(6)7-9(15)14(3,4)5/h8-9H,7,15H2,1-6H3/t9-/m1/s1. The average Bonchev–Trinajstić information content (AvgIpc) is 2.21. The molecule has 0 saturated carbocycles.